The maximum Gasteiger partial charge on any atom is 0.335 e. The van der Waals surface area contributed by atoms with Gasteiger partial charge >= 0.3 is 11.7 Å². The minimum absolute atomic E-state index is 0.188. The van der Waals surface area contributed by atoms with Gasteiger partial charge in [-0.3, -0.25) is 4.57 Å². The smallest absolute Gasteiger partial charge is 0.335 e. The highest BCUT2D eigenvalue weighted by molar-refractivity contribution is 5.92. The molecule has 0 bridgehead atoms. The molecule has 6 nitrogen and oxygen atoms in total. The fraction of sp³-hybridized carbons (Fsp3) is 0.429. The van der Waals surface area contributed by atoms with Gasteiger partial charge in [-0.25, -0.2) is 9.59 Å². The second-order valence-corrected chi connectivity index (χ2v) is 5.33. The zero-order chi connectivity index (χ0) is 14.3. The first-order valence-electron chi connectivity index (χ1n) is 6.72. The van der Waals surface area contributed by atoms with Crippen molar-refractivity contribution in [3.8, 4) is 0 Å². The van der Waals surface area contributed by atoms with Gasteiger partial charge in [0, 0.05) is 19.1 Å². The summed E-state index contributed by atoms with van der Waals surface area (Å²) in [6.45, 7) is 1.35. The number of benzene rings is 1. The Morgan fingerprint density at radius 3 is 2.90 bits per heavy atom. The van der Waals surface area contributed by atoms with E-state index in [1.165, 1.54) is 18.9 Å². The van der Waals surface area contributed by atoms with Crippen molar-refractivity contribution in [1.29, 1.82) is 0 Å². The molecule has 0 unspecified atom stereocenters. The van der Waals surface area contributed by atoms with Gasteiger partial charge in [-0.05, 0) is 38.1 Å². The van der Waals surface area contributed by atoms with E-state index in [0.717, 1.165) is 6.54 Å². The molecule has 1 saturated carbocycles. The molecule has 2 N–H and O–H groups in total. The lowest BCUT2D eigenvalue weighted by Crippen LogP contribution is -2.28. The van der Waals surface area contributed by atoms with E-state index in [-0.39, 0.29) is 11.3 Å². The van der Waals surface area contributed by atoms with Crippen LogP contribution in [0, 0.1) is 0 Å². The first-order valence-corrected chi connectivity index (χ1v) is 6.72. The van der Waals surface area contributed by atoms with Crippen LogP contribution in [0.2, 0.25) is 0 Å². The number of nitrogens with one attached hydrogen (secondary N) is 1. The van der Waals surface area contributed by atoms with Gasteiger partial charge < -0.3 is 15.0 Å². The highest BCUT2D eigenvalue weighted by Crippen LogP contribution is 2.25. The predicted octanol–water partition coefficient (Wildman–Crippen LogP) is 1.12. The van der Waals surface area contributed by atoms with Crippen molar-refractivity contribution in [1.82, 2.24) is 14.5 Å². The van der Waals surface area contributed by atoms with Crippen molar-refractivity contribution in [2.24, 2.45) is 0 Å². The molecule has 0 spiro atoms. The van der Waals surface area contributed by atoms with Crippen LogP contribution in [0.25, 0.3) is 11.0 Å². The second kappa shape index (κ2) is 4.79. The second-order valence-electron chi connectivity index (χ2n) is 5.33. The summed E-state index contributed by atoms with van der Waals surface area (Å²) in [5, 5.41) is 9.04. The molecule has 1 aromatic carbocycles. The van der Waals surface area contributed by atoms with Crippen molar-refractivity contribution in [3.63, 3.8) is 0 Å². The molecule has 6 heteroatoms. The van der Waals surface area contributed by atoms with Crippen molar-refractivity contribution in [2.45, 2.75) is 25.4 Å². The van der Waals surface area contributed by atoms with Crippen molar-refractivity contribution >= 4 is 17.0 Å². The van der Waals surface area contributed by atoms with Gasteiger partial charge in [-0.1, -0.05) is 0 Å². The molecule has 1 aliphatic carbocycles. The Labute approximate surface area is 115 Å². The number of rotatable bonds is 5. The number of aromatic amines is 1. The molecule has 0 saturated heterocycles. The molecular formula is C14H17N3O3. The van der Waals surface area contributed by atoms with Gasteiger partial charge in [-0.2, -0.15) is 0 Å². The molecule has 20 heavy (non-hydrogen) atoms. The SMILES string of the molecule is CN(CCn1c(=O)[nH]c2ccc(C(=O)O)cc21)C1CC1. The van der Waals surface area contributed by atoms with Gasteiger partial charge in [0.25, 0.3) is 0 Å². The summed E-state index contributed by atoms with van der Waals surface area (Å²) in [5.74, 6) is -0.984. The Morgan fingerprint density at radius 1 is 1.50 bits per heavy atom. The maximum atomic E-state index is 12.0. The third-order valence-corrected chi connectivity index (χ3v) is 3.87. The van der Waals surface area contributed by atoms with Crippen LogP contribution in [0.4, 0.5) is 0 Å². The Hall–Kier alpha value is -2.08. The summed E-state index contributed by atoms with van der Waals surface area (Å²) in [7, 11) is 2.06. The number of nitrogens with zero attached hydrogens (tertiary/aromatic N) is 2. The fourth-order valence-corrected chi connectivity index (χ4v) is 2.46. The van der Waals surface area contributed by atoms with E-state index in [2.05, 4.69) is 16.9 Å². The summed E-state index contributed by atoms with van der Waals surface area (Å²) in [6.07, 6.45) is 2.45. The number of hydrogen-bond acceptors (Lipinski definition) is 3. The molecule has 0 atom stereocenters. The minimum Gasteiger partial charge on any atom is -0.478 e. The van der Waals surface area contributed by atoms with E-state index < -0.39 is 5.97 Å². The largest absolute Gasteiger partial charge is 0.478 e. The zero-order valence-electron chi connectivity index (χ0n) is 11.3. The number of carboxylic acids is 1. The first kappa shape index (κ1) is 12.9. The first-order chi connectivity index (χ1) is 9.56. The lowest BCUT2D eigenvalue weighted by atomic mass is 10.2. The normalized spacial score (nSPS) is 15.1. The molecule has 1 aliphatic rings. The van der Waals surface area contributed by atoms with E-state index >= 15 is 0 Å². The van der Waals surface area contributed by atoms with E-state index in [1.807, 2.05) is 0 Å². The third kappa shape index (κ3) is 2.34. The van der Waals surface area contributed by atoms with Gasteiger partial charge in [0.15, 0.2) is 0 Å². The summed E-state index contributed by atoms with van der Waals surface area (Å²) in [6, 6.07) is 5.33. The van der Waals surface area contributed by atoms with Crippen LogP contribution in [0.15, 0.2) is 23.0 Å². The van der Waals surface area contributed by atoms with E-state index in [4.69, 9.17) is 5.11 Å². The van der Waals surface area contributed by atoms with Gasteiger partial charge in [0.1, 0.15) is 0 Å². The van der Waals surface area contributed by atoms with Crippen LogP contribution in [-0.4, -0.2) is 45.2 Å². The van der Waals surface area contributed by atoms with Crippen molar-refractivity contribution in [2.75, 3.05) is 13.6 Å². The maximum absolute atomic E-state index is 12.0. The lowest BCUT2D eigenvalue weighted by Gasteiger charge is -2.15. The Bertz CT molecular complexity index is 712. The van der Waals surface area contributed by atoms with Crippen LogP contribution in [0.3, 0.4) is 0 Å². The van der Waals surface area contributed by atoms with Crippen molar-refractivity contribution < 1.29 is 9.90 Å². The van der Waals surface area contributed by atoms with Gasteiger partial charge in [0.2, 0.25) is 0 Å². The van der Waals surface area contributed by atoms with E-state index in [9.17, 15) is 9.59 Å². The minimum atomic E-state index is -0.984. The summed E-state index contributed by atoms with van der Waals surface area (Å²) in [4.78, 5) is 28.0. The number of imidazole rings is 1. The Morgan fingerprint density at radius 2 is 2.25 bits per heavy atom. The molecule has 106 valence electrons. The molecule has 0 amide bonds. The van der Waals surface area contributed by atoms with E-state index in [0.29, 0.717) is 23.6 Å². The summed E-state index contributed by atoms with van der Waals surface area (Å²) < 4.78 is 1.61. The average molecular weight is 275 g/mol. The number of fused-ring (bicyclic) bond motifs is 1. The highest BCUT2D eigenvalue weighted by atomic mass is 16.4. The quantitative estimate of drug-likeness (QED) is 0.857. The Balaban J connectivity index is 1.91. The number of H-pyrrole nitrogens is 1. The van der Waals surface area contributed by atoms with Crippen LogP contribution in [0.1, 0.15) is 23.2 Å². The molecule has 2 aromatic rings. The van der Waals surface area contributed by atoms with Crippen LogP contribution < -0.4 is 5.69 Å². The number of aromatic carboxylic acids is 1. The van der Waals surface area contributed by atoms with Gasteiger partial charge in [0.05, 0.1) is 16.6 Å². The third-order valence-electron chi connectivity index (χ3n) is 3.87. The van der Waals surface area contributed by atoms with Crippen LogP contribution >= 0.6 is 0 Å². The Kier molecular flexibility index (Phi) is 3.10. The lowest BCUT2D eigenvalue weighted by molar-refractivity contribution is 0.0697. The van der Waals surface area contributed by atoms with E-state index in [1.54, 1.807) is 16.7 Å². The highest BCUT2D eigenvalue weighted by Gasteiger charge is 2.25. The number of aromatic nitrogens is 2. The molecule has 0 aliphatic heterocycles. The average Bonchev–Trinajstić information content (AvgIpc) is 3.20. The summed E-state index contributed by atoms with van der Waals surface area (Å²) in [5.41, 5.74) is 1.33. The molecule has 0 radical (unpaired) electrons. The number of likely N-dealkylation sites (N-methyl/N-ethyl adjacent to an activating group) is 1. The summed E-state index contributed by atoms with van der Waals surface area (Å²) >= 11 is 0. The van der Waals surface area contributed by atoms with Gasteiger partial charge in [-0.15, -0.1) is 0 Å². The number of carbonyl (C=O) groups is 1. The topological polar surface area (TPSA) is 78.3 Å². The molecule has 1 fully saturated rings. The number of carboxylic acid groups (broad SMARTS) is 1. The zero-order valence-corrected chi connectivity index (χ0v) is 11.3. The standard InChI is InChI=1S/C14H17N3O3/c1-16(10-3-4-10)6-7-17-12-8-9(13(18)19)2-5-11(12)15-14(17)20/h2,5,8,10H,3-4,6-7H2,1H3,(H,15,20)(H,18,19). The molecule has 1 heterocycles. The predicted molar refractivity (Wildman–Crippen MR) is 75.2 cm³/mol. The monoisotopic (exact) mass is 275 g/mol. The fourth-order valence-electron chi connectivity index (χ4n) is 2.46. The molecule has 3 rings (SSSR count). The molecular weight excluding hydrogens is 258 g/mol. The molecule has 1 aromatic heterocycles. The van der Waals surface area contributed by atoms with Crippen molar-refractivity contribution in [3.05, 3.63) is 34.2 Å². The van der Waals surface area contributed by atoms with Crippen LogP contribution in [-0.2, 0) is 6.54 Å². The van der Waals surface area contributed by atoms with Crippen LogP contribution in [0.5, 0.6) is 0 Å². The number of hydrogen-bond donors (Lipinski definition) is 2.